The van der Waals surface area contributed by atoms with Crippen molar-refractivity contribution in [2.75, 3.05) is 20.0 Å². The molecule has 1 aromatic heterocycles. The van der Waals surface area contributed by atoms with Gasteiger partial charge >= 0.3 is 0 Å². The van der Waals surface area contributed by atoms with Crippen LogP contribution in [0.25, 0.3) is 22.2 Å². The third kappa shape index (κ3) is 2.74. The minimum absolute atomic E-state index is 0.0880. The van der Waals surface area contributed by atoms with Crippen LogP contribution < -0.4 is 15.2 Å². The maximum atomic E-state index is 9.74. The normalized spacial score (nSPS) is 10.8. The molecule has 0 bridgehead atoms. The molecule has 124 valence electrons. The van der Waals surface area contributed by atoms with Crippen molar-refractivity contribution in [2.24, 2.45) is 0 Å². The van der Waals surface area contributed by atoms with E-state index in [1.54, 1.807) is 24.3 Å². The highest BCUT2D eigenvalue weighted by Crippen LogP contribution is 2.40. The number of fused-ring (bicyclic) bond motifs is 1. The van der Waals surface area contributed by atoms with Crippen LogP contribution in [0, 0.1) is 0 Å². The number of rotatable bonds is 3. The van der Waals surface area contributed by atoms with Crippen LogP contribution in [0.2, 0.25) is 10.0 Å². The van der Waals surface area contributed by atoms with Gasteiger partial charge < -0.3 is 20.3 Å². The number of hydrogen-bond donors (Lipinski definition) is 2. The summed E-state index contributed by atoms with van der Waals surface area (Å²) in [6.07, 6.45) is 0. The number of halogens is 2. The number of phenolic OH excluding ortho intramolecular Hbond substituents is 1. The van der Waals surface area contributed by atoms with Gasteiger partial charge in [0.1, 0.15) is 0 Å². The molecule has 3 N–H and O–H groups in total. The van der Waals surface area contributed by atoms with Crippen LogP contribution in [0.4, 0.5) is 5.95 Å². The monoisotopic (exact) mass is 365 g/mol. The Morgan fingerprint density at radius 3 is 2.12 bits per heavy atom. The summed E-state index contributed by atoms with van der Waals surface area (Å²) in [7, 11) is 3.07. The summed E-state index contributed by atoms with van der Waals surface area (Å²) in [4.78, 5) is 8.51. The Morgan fingerprint density at radius 1 is 0.958 bits per heavy atom. The van der Waals surface area contributed by atoms with Gasteiger partial charge in [0.2, 0.25) is 5.95 Å². The summed E-state index contributed by atoms with van der Waals surface area (Å²) in [6, 6.07) is 6.57. The number of hydrogen-bond acceptors (Lipinski definition) is 6. The highest BCUT2D eigenvalue weighted by Gasteiger charge is 2.16. The number of benzene rings is 2. The quantitative estimate of drug-likeness (QED) is 0.731. The van der Waals surface area contributed by atoms with Gasteiger partial charge in [0.05, 0.1) is 35.5 Å². The van der Waals surface area contributed by atoms with E-state index in [1.165, 1.54) is 14.2 Å². The van der Waals surface area contributed by atoms with Gasteiger partial charge in [-0.1, -0.05) is 23.2 Å². The Labute approximate surface area is 147 Å². The summed E-state index contributed by atoms with van der Waals surface area (Å²) in [5.41, 5.74) is 7.51. The fourth-order valence-corrected chi connectivity index (χ4v) is 2.88. The Morgan fingerprint density at radius 2 is 1.54 bits per heavy atom. The second kappa shape index (κ2) is 6.22. The lowest BCUT2D eigenvalue weighted by Gasteiger charge is -2.12. The van der Waals surface area contributed by atoms with Crippen LogP contribution >= 0.6 is 23.2 Å². The van der Waals surface area contributed by atoms with Gasteiger partial charge in [0, 0.05) is 17.0 Å². The van der Waals surface area contributed by atoms with E-state index in [-0.39, 0.29) is 21.7 Å². The largest absolute Gasteiger partial charge is 0.505 e. The molecule has 24 heavy (non-hydrogen) atoms. The van der Waals surface area contributed by atoms with Gasteiger partial charge in [-0.15, -0.1) is 0 Å². The third-order valence-corrected chi connectivity index (χ3v) is 4.08. The molecule has 0 aliphatic heterocycles. The van der Waals surface area contributed by atoms with E-state index >= 15 is 0 Å². The summed E-state index contributed by atoms with van der Waals surface area (Å²) in [5.74, 6) is 0.948. The maximum Gasteiger partial charge on any atom is 0.221 e. The fourth-order valence-electron chi connectivity index (χ4n) is 2.40. The third-order valence-electron chi connectivity index (χ3n) is 3.51. The zero-order chi connectivity index (χ0) is 17.4. The maximum absolute atomic E-state index is 9.74. The average molecular weight is 366 g/mol. The molecule has 0 amide bonds. The molecule has 0 saturated carbocycles. The first-order chi connectivity index (χ1) is 11.4. The molecule has 0 fully saturated rings. The summed E-state index contributed by atoms with van der Waals surface area (Å²) in [6.45, 7) is 0. The molecule has 0 spiro atoms. The minimum Gasteiger partial charge on any atom is -0.505 e. The van der Waals surface area contributed by atoms with E-state index in [4.69, 9.17) is 38.4 Å². The van der Waals surface area contributed by atoms with Crippen LogP contribution in [-0.2, 0) is 0 Å². The van der Waals surface area contributed by atoms with Gasteiger partial charge in [-0.05, 0) is 18.2 Å². The molecule has 0 atom stereocenters. The van der Waals surface area contributed by atoms with Crippen molar-refractivity contribution in [1.82, 2.24) is 9.97 Å². The van der Waals surface area contributed by atoms with Crippen molar-refractivity contribution >= 4 is 40.1 Å². The topological polar surface area (TPSA) is 90.5 Å². The Kier molecular flexibility index (Phi) is 4.26. The van der Waals surface area contributed by atoms with Gasteiger partial charge in [-0.3, -0.25) is 0 Å². The Balaban J connectivity index is 2.35. The lowest BCUT2D eigenvalue weighted by molar-refractivity contribution is 0.356. The zero-order valence-corrected chi connectivity index (χ0v) is 14.3. The van der Waals surface area contributed by atoms with Gasteiger partial charge in [-0.2, -0.15) is 0 Å². The second-order valence-electron chi connectivity index (χ2n) is 4.94. The number of methoxy groups -OCH3 is 2. The molecule has 3 rings (SSSR count). The smallest absolute Gasteiger partial charge is 0.221 e. The molecule has 0 radical (unpaired) electrons. The lowest BCUT2D eigenvalue weighted by atomic mass is 10.1. The van der Waals surface area contributed by atoms with Crippen LogP contribution in [0.1, 0.15) is 0 Å². The van der Waals surface area contributed by atoms with E-state index < -0.39 is 0 Å². The summed E-state index contributed by atoms with van der Waals surface area (Å²) >= 11 is 12.0. The Bertz CT molecular complexity index is 924. The van der Waals surface area contributed by atoms with E-state index in [9.17, 15) is 5.11 Å². The minimum atomic E-state index is -0.187. The zero-order valence-electron chi connectivity index (χ0n) is 12.8. The van der Waals surface area contributed by atoms with Gasteiger partial charge in [0.25, 0.3) is 0 Å². The van der Waals surface area contributed by atoms with E-state index in [0.29, 0.717) is 33.7 Å². The number of nitrogens with zero attached hydrogens (tertiary/aromatic N) is 2. The van der Waals surface area contributed by atoms with Crippen molar-refractivity contribution < 1.29 is 14.6 Å². The SMILES string of the molecule is COc1cc2nc(N)nc(-c3cc(Cl)c(O)c(Cl)c3)c2cc1OC. The number of phenols is 1. The van der Waals surface area contributed by atoms with Gasteiger partial charge in [-0.25, -0.2) is 9.97 Å². The predicted octanol–water partition coefficient (Wildman–Crippen LogP) is 3.91. The highest BCUT2D eigenvalue weighted by molar-refractivity contribution is 6.37. The van der Waals surface area contributed by atoms with Gasteiger partial charge in [0.15, 0.2) is 17.2 Å². The molecule has 0 aliphatic rings. The number of ether oxygens (including phenoxy) is 2. The molecular formula is C16H13Cl2N3O3. The molecule has 3 aromatic rings. The van der Waals surface area contributed by atoms with Crippen molar-refractivity contribution in [3.8, 4) is 28.5 Å². The molecule has 8 heteroatoms. The fraction of sp³-hybridized carbons (Fsp3) is 0.125. The van der Waals surface area contributed by atoms with Crippen LogP contribution in [0.15, 0.2) is 24.3 Å². The van der Waals surface area contributed by atoms with E-state index in [0.717, 1.165) is 0 Å². The van der Waals surface area contributed by atoms with Crippen molar-refractivity contribution in [3.05, 3.63) is 34.3 Å². The molecule has 0 aliphatic carbocycles. The second-order valence-corrected chi connectivity index (χ2v) is 5.76. The molecule has 6 nitrogen and oxygen atoms in total. The average Bonchev–Trinajstić information content (AvgIpc) is 2.57. The highest BCUT2D eigenvalue weighted by atomic mass is 35.5. The number of nitrogen functional groups attached to an aromatic ring is 1. The standard InChI is InChI=1S/C16H13Cl2N3O3/c1-23-12-5-8-11(6-13(12)24-2)20-16(19)21-14(8)7-3-9(17)15(22)10(18)4-7/h3-6,22H,1-2H3,(H2,19,20,21). The summed E-state index contributed by atoms with van der Waals surface area (Å²) in [5, 5.41) is 10.6. The molecule has 1 heterocycles. The lowest BCUT2D eigenvalue weighted by Crippen LogP contribution is -2.00. The molecule has 0 unspecified atom stereocenters. The predicted molar refractivity (Wildman–Crippen MR) is 94.2 cm³/mol. The van der Waals surface area contributed by atoms with Crippen molar-refractivity contribution in [3.63, 3.8) is 0 Å². The first-order valence-electron chi connectivity index (χ1n) is 6.82. The summed E-state index contributed by atoms with van der Waals surface area (Å²) < 4.78 is 10.6. The Hall–Kier alpha value is -2.44. The first-order valence-corrected chi connectivity index (χ1v) is 7.57. The number of aromatic nitrogens is 2. The van der Waals surface area contributed by atoms with E-state index in [2.05, 4.69) is 9.97 Å². The van der Waals surface area contributed by atoms with Crippen LogP contribution in [-0.4, -0.2) is 29.3 Å². The van der Waals surface area contributed by atoms with Crippen molar-refractivity contribution in [1.29, 1.82) is 0 Å². The number of nitrogens with two attached hydrogens (primary N) is 1. The molecular weight excluding hydrogens is 353 g/mol. The van der Waals surface area contributed by atoms with Crippen LogP contribution in [0.5, 0.6) is 17.2 Å². The number of anilines is 1. The first kappa shape index (κ1) is 16.4. The van der Waals surface area contributed by atoms with E-state index in [1.807, 2.05) is 0 Å². The number of aromatic hydroxyl groups is 1. The van der Waals surface area contributed by atoms with Crippen LogP contribution in [0.3, 0.4) is 0 Å². The molecule has 2 aromatic carbocycles. The van der Waals surface area contributed by atoms with Crippen molar-refractivity contribution in [2.45, 2.75) is 0 Å². The molecule has 0 saturated heterocycles.